The molecule has 0 bridgehead atoms. The highest BCUT2D eigenvalue weighted by Crippen LogP contribution is 2.34. The van der Waals surface area contributed by atoms with Gasteiger partial charge in [-0.1, -0.05) is 12.1 Å². The van der Waals surface area contributed by atoms with Crippen LogP contribution in [0.3, 0.4) is 0 Å². The van der Waals surface area contributed by atoms with E-state index in [9.17, 15) is 27.2 Å². The van der Waals surface area contributed by atoms with Crippen molar-refractivity contribution >= 4 is 11.6 Å². The molecule has 144 valence electrons. The van der Waals surface area contributed by atoms with Gasteiger partial charge in [-0.3, -0.25) is 14.2 Å². The van der Waals surface area contributed by atoms with Gasteiger partial charge in [0.25, 0.3) is 5.56 Å². The fraction of sp³-hybridized carbons (Fsp3) is 0.105. The molecule has 5 nitrogen and oxygen atoms in total. The van der Waals surface area contributed by atoms with Crippen LogP contribution in [-0.2, 0) is 17.5 Å². The van der Waals surface area contributed by atoms with Crippen molar-refractivity contribution in [3.8, 4) is 11.3 Å². The predicted octanol–water partition coefficient (Wildman–Crippen LogP) is 3.71. The highest BCUT2D eigenvalue weighted by molar-refractivity contribution is 5.91. The Balaban J connectivity index is 1.77. The van der Waals surface area contributed by atoms with E-state index < -0.39 is 41.3 Å². The Hall–Kier alpha value is -3.49. The van der Waals surface area contributed by atoms with Gasteiger partial charge in [-0.05, 0) is 36.4 Å². The van der Waals surface area contributed by atoms with Crippen molar-refractivity contribution in [2.24, 2.45) is 0 Å². The summed E-state index contributed by atoms with van der Waals surface area (Å²) in [7, 11) is 0. The fourth-order valence-electron chi connectivity index (χ4n) is 2.51. The number of hydrogen-bond donors (Lipinski definition) is 1. The summed E-state index contributed by atoms with van der Waals surface area (Å²) in [4.78, 5) is 28.3. The second kappa shape index (κ2) is 7.63. The Morgan fingerprint density at radius 1 is 1.07 bits per heavy atom. The molecule has 1 amide bonds. The van der Waals surface area contributed by atoms with Crippen molar-refractivity contribution in [3.63, 3.8) is 0 Å². The van der Waals surface area contributed by atoms with Gasteiger partial charge in [0.2, 0.25) is 5.91 Å². The molecule has 0 spiro atoms. The number of halogens is 4. The average molecular weight is 391 g/mol. The number of carbonyl (C=O) groups excluding carboxylic acids is 1. The van der Waals surface area contributed by atoms with Crippen molar-refractivity contribution in [1.82, 2.24) is 9.55 Å². The van der Waals surface area contributed by atoms with Gasteiger partial charge in [0.1, 0.15) is 12.4 Å². The number of rotatable bonds is 4. The van der Waals surface area contributed by atoms with E-state index in [0.29, 0.717) is 5.56 Å². The normalized spacial score (nSPS) is 11.3. The van der Waals surface area contributed by atoms with Crippen LogP contribution in [0.4, 0.5) is 23.2 Å². The Bertz CT molecular complexity index is 1060. The molecule has 1 N–H and O–H groups in total. The van der Waals surface area contributed by atoms with Crippen molar-refractivity contribution in [2.45, 2.75) is 12.7 Å². The Morgan fingerprint density at radius 2 is 1.75 bits per heavy atom. The smallest absolute Gasteiger partial charge is 0.324 e. The summed E-state index contributed by atoms with van der Waals surface area (Å²) in [6.07, 6.45) is -3.52. The van der Waals surface area contributed by atoms with E-state index >= 15 is 0 Å². The standard InChI is InChI=1S/C19H13F4N3O2/c20-13-7-5-12(6-8-13)16-9-18(28)26(11-24-16)10-17(27)25-15-4-2-1-3-14(15)19(21,22)23/h1-9,11H,10H2,(H,25,27). The van der Waals surface area contributed by atoms with Crippen molar-refractivity contribution in [1.29, 1.82) is 0 Å². The number of anilines is 1. The van der Waals surface area contributed by atoms with E-state index in [1.165, 1.54) is 36.4 Å². The average Bonchev–Trinajstić information content (AvgIpc) is 2.63. The van der Waals surface area contributed by atoms with Crippen LogP contribution in [0.25, 0.3) is 11.3 Å². The molecular formula is C19H13F4N3O2. The lowest BCUT2D eigenvalue weighted by Gasteiger charge is -2.14. The predicted molar refractivity (Wildman–Crippen MR) is 94.0 cm³/mol. The van der Waals surface area contributed by atoms with Crippen LogP contribution >= 0.6 is 0 Å². The van der Waals surface area contributed by atoms with E-state index in [1.807, 2.05) is 0 Å². The van der Waals surface area contributed by atoms with Crippen LogP contribution in [0.5, 0.6) is 0 Å². The third-order valence-corrected chi connectivity index (χ3v) is 3.84. The molecule has 1 aromatic heterocycles. The number of amides is 1. The van der Waals surface area contributed by atoms with Gasteiger partial charge in [-0.25, -0.2) is 9.37 Å². The summed E-state index contributed by atoms with van der Waals surface area (Å²) in [6.45, 7) is -0.512. The first-order valence-corrected chi connectivity index (χ1v) is 8.02. The molecule has 0 fully saturated rings. The van der Waals surface area contributed by atoms with E-state index in [4.69, 9.17) is 0 Å². The SMILES string of the molecule is O=C(Cn1cnc(-c2ccc(F)cc2)cc1=O)Nc1ccccc1C(F)(F)F. The monoisotopic (exact) mass is 391 g/mol. The molecule has 3 rings (SSSR count). The summed E-state index contributed by atoms with van der Waals surface area (Å²) >= 11 is 0. The number of para-hydroxylation sites is 1. The van der Waals surface area contributed by atoms with Crippen LogP contribution in [0, 0.1) is 5.82 Å². The summed E-state index contributed by atoms with van der Waals surface area (Å²) in [5, 5.41) is 2.16. The quantitative estimate of drug-likeness (QED) is 0.690. The summed E-state index contributed by atoms with van der Waals surface area (Å²) in [6, 6.07) is 11.0. The topological polar surface area (TPSA) is 64.0 Å². The van der Waals surface area contributed by atoms with Gasteiger partial charge >= 0.3 is 6.18 Å². The van der Waals surface area contributed by atoms with Crippen molar-refractivity contribution < 1.29 is 22.4 Å². The van der Waals surface area contributed by atoms with Gasteiger partial charge in [0.05, 0.1) is 23.3 Å². The third-order valence-electron chi connectivity index (χ3n) is 3.84. The van der Waals surface area contributed by atoms with Crippen LogP contribution in [0.15, 0.2) is 65.7 Å². The first kappa shape index (κ1) is 19.3. The van der Waals surface area contributed by atoms with Crippen LogP contribution < -0.4 is 10.9 Å². The Kier molecular flexibility index (Phi) is 5.25. The zero-order valence-electron chi connectivity index (χ0n) is 14.2. The first-order chi connectivity index (χ1) is 13.2. The van der Waals surface area contributed by atoms with Crippen molar-refractivity contribution in [3.05, 3.63) is 82.7 Å². The maximum absolute atomic E-state index is 13.0. The molecule has 2 aromatic carbocycles. The molecule has 1 heterocycles. The summed E-state index contributed by atoms with van der Waals surface area (Å²) in [5.74, 6) is -1.25. The molecule has 0 saturated carbocycles. The van der Waals surface area contributed by atoms with Crippen LogP contribution in [0.2, 0.25) is 0 Å². The van der Waals surface area contributed by atoms with Crippen molar-refractivity contribution in [2.75, 3.05) is 5.32 Å². The minimum Gasteiger partial charge on any atom is -0.324 e. The lowest BCUT2D eigenvalue weighted by atomic mass is 10.1. The molecular weight excluding hydrogens is 378 g/mol. The number of hydrogen-bond acceptors (Lipinski definition) is 3. The van der Waals surface area contributed by atoms with Gasteiger partial charge in [-0.2, -0.15) is 13.2 Å². The molecule has 0 saturated heterocycles. The third kappa shape index (κ3) is 4.43. The maximum atomic E-state index is 13.0. The largest absolute Gasteiger partial charge is 0.418 e. The zero-order valence-corrected chi connectivity index (χ0v) is 14.2. The molecule has 0 aliphatic rings. The molecule has 0 radical (unpaired) electrons. The number of aromatic nitrogens is 2. The van der Waals surface area contributed by atoms with E-state index in [2.05, 4.69) is 10.3 Å². The lowest BCUT2D eigenvalue weighted by Crippen LogP contribution is -2.28. The number of alkyl halides is 3. The lowest BCUT2D eigenvalue weighted by molar-refractivity contribution is -0.137. The maximum Gasteiger partial charge on any atom is 0.418 e. The van der Waals surface area contributed by atoms with E-state index in [0.717, 1.165) is 29.1 Å². The summed E-state index contributed by atoms with van der Waals surface area (Å²) in [5.41, 5.74) is -1.17. The van der Waals surface area contributed by atoms with Gasteiger partial charge in [0, 0.05) is 11.6 Å². The second-order valence-corrected chi connectivity index (χ2v) is 5.84. The number of carbonyl (C=O) groups is 1. The number of nitrogens with zero attached hydrogens (tertiary/aromatic N) is 2. The number of nitrogens with one attached hydrogen (secondary N) is 1. The van der Waals surface area contributed by atoms with E-state index in [1.54, 1.807) is 0 Å². The van der Waals surface area contributed by atoms with Crippen LogP contribution in [-0.4, -0.2) is 15.5 Å². The Morgan fingerprint density at radius 3 is 2.39 bits per heavy atom. The Labute approximate surface area is 156 Å². The molecule has 3 aromatic rings. The zero-order chi connectivity index (χ0) is 20.3. The highest BCUT2D eigenvalue weighted by atomic mass is 19.4. The molecule has 0 atom stereocenters. The second-order valence-electron chi connectivity index (χ2n) is 5.84. The van der Waals surface area contributed by atoms with E-state index in [-0.39, 0.29) is 5.69 Å². The molecule has 28 heavy (non-hydrogen) atoms. The molecule has 0 unspecified atom stereocenters. The van der Waals surface area contributed by atoms with Gasteiger partial charge < -0.3 is 5.32 Å². The number of benzene rings is 2. The van der Waals surface area contributed by atoms with Gasteiger partial charge in [-0.15, -0.1) is 0 Å². The van der Waals surface area contributed by atoms with Gasteiger partial charge in [0.15, 0.2) is 0 Å². The first-order valence-electron chi connectivity index (χ1n) is 8.02. The minimum absolute atomic E-state index is 0.282. The molecule has 0 aliphatic heterocycles. The molecule has 9 heteroatoms. The summed E-state index contributed by atoms with van der Waals surface area (Å²) < 4.78 is 52.9. The fourth-order valence-corrected chi connectivity index (χ4v) is 2.51. The minimum atomic E-state index is -4.63. The van der Waals surface area contributed by atoms with Crippen LogP contribution in [0.1, 0.15) is 5.56 Å². The molecule has 0 aliphatic carbocycles. The highest BCUT2D eigenvalue weighted by Gasteiger charge is 2.33.